The molecule has 2 rings (SSSR count). The molecule has 0 radical (unpaired) electrons. The van der Waals surface area contributed by atoms with Crippen molar-refractivity contribution in [2.45, 2.75) is 32.4 Å². The number of likely N-dealkylation sites (tertiary alicyclic amines) is 1. The number of rotatable bonds is 4. The zero-order valence-electron chi connectivity index (χ0n) is 11.9. The monoisotopic (exact) mass is 268 g/mol. The molecule has 1 aliphatic rings. The second-order valence-electron chi connectivity index (χ2n) is 5.20. The van der Waals surface area contributed by atoms with Crippen LogP contribution < -0.4 is 10.2 Å². The first kappa shape index (κ1) is 13.8. The number of anilines is 1. The van der Waals surface area contributed by atoms with Crippen molar-refractivity contribution in [1.29, 1.82) is 0 Å². The minimum atomic E-state index is 0.608. The summed E-state index contributed by atoms with van der Waals surface area (Å²) >= 11 is 1.82. The maximum atomic E-state index is 4.72. The molecule has 1 fully saturated rings. The van der Waals surface area contributed by atoms with Crippen molar-refractivity contribution in [3.05, 3.63) is 10.6 Å². The molecule has 1 aromatic heterocycles. The number of likely N-dealkylation sites (N-methyl/N-ethyl adjacent to an activating group) is 2. The third-order valence-electron chi connectivity index (χ3n) is 3.67. The van der Waals surface area contributed by atoms with Crippen LogP contribution in [0.15, 0.2) is 0 Å². The molecule has 2 heterocycles. The molecule has 5 heteroatoms. The van der Waals surface area contributed by atoms with Crippen LogP contribution in [0, 0.1) is 6.92 Å². The van der Waals surface area contributed by atoms with Crippen LogP contribution >= 0.6 is 11.3 Å². The number of hydrogen-bond acceptors (Lipinski definition) is 5. The Morgan fingerprint density at radius 2 is 2.33 bits per heavy atom. The van der Waals surface area contributed by atoms with Gasteiger partial charge in [0, 0.05) is 31.1 Å². The molecule has 0 aliphatic carbocycles. The second-order valence-corrected chi connectivity index (χ2v) is 6.27. The van der Waals surface area contributed by atoms with Gasteiger partial charge >= 0.3 is 0 Å². The van der Waals surface area contributed by atoms with Crippen LogP contribution in [0.4, 0.5) is 5.13 Å². The largest absolute Gasteiger partial charge is 0.347 e. The van der Waals surface area contributed by atoms with Crippen LogP contribution in [-0.4, -0.2) is 50.2 Å². The van der Waals surface area contributed by atoms with Gasteiger partial charge < -0.3 is 15.1 Å². The van der Waals surface area contributed by atoms with E-state index >= 15 is 0 Å². The van der Waals surface area contributed by atoms with Crippen LogP contribution in [0.1, 0.15) is 23.4 Å². The zero-order chi connectivity index (χ0) is 13.1. The van der Waals surface area contributed by atoms with E-state index in [1.807, 2.05) is 18.4 Å². The minimum Gasteiger partial charge on any atom is -0.347 e. The summed E-state index contributed by atoms with van der Waals surface area (Å²) in [6.45, 7) is 5.40. The van der Waals surface area contributed by atoms with Crippen LogP contribution in [0.2, 0.25) is 0 Å². The third kappa shape index (κ3) is 3.02. The maximum absolute atomic E-state index is 4.72. The van der Waals surface area contributed by atoms with Crippen molar-refractivity contribution < 1.29 is 0 Å². The molecular formula is C13H24N4S. The fourth-order valence-electron chi connectivity index (χ4n) is 2.50. The van der Waals surface area contributed by atoms with E-state index in [2.05, 4.69) is 36.1 Å². The number of nitrogens with zero attached hydrogens (tertiary/aromatic N) is 3. The summed E-state index contributed by atoms with van der Waals surface area (Å²) in [5, 5.41) is 4.37. The summed E-state index contributed by atoms with van der Waals surface area (Å²) < 4.78 is 0. The predicted molar refractivity (Wildman–Crippen MR) is 78.5 cm³/mol. The molecule has 1 aromatic rings. The Bertz CT molecular complexity index is 390. The summed E-state index contributed by atoms with van der Waals surface area (Å²) in [5.74, 6) is 0. The fourth-order valence-corrected chi connectivity index (χ4v) is 3.61. The summed E-state index contributed by atoms with van der Waals surface area (Å²) in [6.07, 6.45) is 2.57. The first-order valence-corrected chi connectivity index (χ1v) is 7.45. The maximum Gasteiger partial charge on any atom is 0.185 e. The van der Waals surface area contributed by atoms with E-state index in [1.54, 1.807) is 0 Å². The number of aryl methyl sites for hydroxylation is 1. The third-order valence-corrected chi connectivity index (χ3v) is 4.92. The molecule has 102 valence electrons. The van der Waals surface area contributed by atoms with E-state index in [1.165, 1.54) is 30.0 Å². The fraction of sp³-hybridized carbons (Fsp3) is 0.769. The van der Waals surface area contributed by atoms with Crippen molar-refractivity contribution in [3.63, 3.8) is 0 Å². The van der Waals surface area contributed by atoms with Gasteiger partial charge in [-0.05, 0) is 40.4 Å². The van der Waals surface area contributed by atoms with Gasteiger partial charge in [0.1, 0.15) is 0 Å². The van der Waals surface area contributed by atoms with E-state index in [9.17, 15) is 0 Å². The first-order valence-electron chi connectivity index (χ1n) is 6.64. The molecule has 0 amide bonds. The Morgan fingerprint density at radius 3 is 3.00 bits per heavy atom. The van der Waals surface area contributed by atoms with Gasteiger partial charge in [-0.2, -0.15) is 0 Å². The Morgan fingerprint density at radius 1 is 1.56 bits per heavy atom. The van der Waals surface area contributed by atoms with Crippen molar-refractivity contribution in [2.24, 2.45) is 0 Å². The SMILES string of the molecule is CNCc1sc(N(C)C2CCCN(C)C2)nc1C. The lowest BCUT2D eigenvalue weighted by Crippen LogP contribution is -2.45. The molecule has 1 saturated heterocycles. The van der Waals surface area contributed by atoms with E-state index in [0.717, 1.165) is 18.2 Å². The lowest BCUT2D eigenvalue weighted by atomic mass is 10.1. The molecule has 1 aliphatic heterocycles. The zero-order valence-corrected chi connectivity index (χ0v) is 12.7. The molecular weight excluding hydrogens is 244 g/mol. The van der Waals surface area contributed by atoms with Gasteiger partial charge in [0.05, 0.1) is 5.69 Å². The van der Waals surface area contributed by atoms with Gasteiger partial charge in [-0.3, -0.25) is 0 Å². The standard InChI is InChI=1S/C13H24N4S/c1-10-12(8-14-2)18-13(15-10)17(4)11-6-5-7-16(3)9-11/h11,14H,5-9H2,1-4H3. The van der Waals surface area contributed by atoms with E-state index < -0.39 is 0 Å². The Labute approximate surface area is 114 Å². The highest BCUT2D eigenvalue weighted by Crippen LogP contribution is 2.28. The molecule has 1 N–H and O–H groups in total. The molecule has 4 nitrogen and oxygen atoms in total. The Hall–Kier alpha value is -0.650. The molecule has 1 unspecified atom stereocenters. The van der Waals surface area contributed by atoms with Crippen LogP contribution in [0.25, 0.3) is 0 Å². The van der Waals surface area contributed by atoms with Crippen molar-refractivity contribution in [1.82, 2.24) is 15.2 Å². The molecule has 0 aromatic carbocycles. The van der Waals surface area contributed by atoms with Crippen molar-refractivity contribution >= 4 is 16.5 Å². The van der Waals surface area contributed by atoms with Gasteiger partial charge in [0.2, 0.25) is 0 Å². The highest BCUT2D eigenvalue weighted by molar-refractivity contribution is 7.15. The summed E-state index contributed by atoms with van der Waals surface area (Å²) in [6, 6.07) is 0.608. The van der Waals surface area contributed by atoms with Crippen molar-refractivity contribution in [2.75, 3.05) is 39.1 Å². The lowest BCUT2D eigenvalue weighted by Gasteiger charge is -2.35. The lowest BCUT2D eigenvalue weighted by molar-refractivity contribution is 0.248. The van der Waals surface area contributed by atoms with E-state index in [-0.39, 0.29) is 0 Å². The molecule has 0 spiro atoms. The van der Waals surface area contributed by atoms with Crippen LogP contribution in [-0.2, 0) is 6.54 Å². The first-order chi connectivity index (χ1) is 8.61. The molecule has 0 saturated carbocycles. The van der Waals surface area contributed by atoms with Crippen LogP contribution in [0.5, 0.6) is 0 Å². The quantitative estimate of drug-likeness (QED) is 0.901. The Balaban J connectivity index is 2.07. The summed E-state index contributed by atoms with van der Waals surface area (Å²) in [7, 11) is 6.38. The second kappa shape index (κ2) is 5.99. The number of thiazole rings is 1. The highest BCUT2D eigenvalue weighted by Gasteiger charge is 2.23. The number of nitrogens with one attached hydrogen (secondary N) is 1. The van der Waals surface area contributed by atoms with Crippen LogP contribution in [0.3, 0.4) is 0 Å². The van der Waals surface area contributed by atoms with Gasteiger partial charge in [-0.1, -0.05) is 0 Å². The minimum absolute atomic E-state index is 0.608. The summed E-state index contributed by atoms with van der Waals surface area (Å²) in [5.41, 5.74) is 1.17. The van der Waals surface area contributed by atoms with Gasteiger partial charge in [-0.15, -0.1) is 11.3 Å². The normalized spacial score (nSPS) is 21.2. The molecule has 1 atom stereocenters. The van der Waals surface area contributed by atoms with Gasteiger partial charge in [0.15, 0.2) is 5.13 Å². The molecule has 0 bridgehead atoms. The van der Waals surface area contributed by atoms with Crippen molar-refractivity contribution in [3.8, 4) is 0 Å². The summed E-state index contributed by atoms with van der Waals surface area (Å²) in [4.78, 5) is 10.8. The van der Waals surface area contributed by atoms with E-state index in [4.69, 9.17) is 4.98 Å². The Kier molecular flexibility index (Phi) is 4.59. The number of aromatic nitrogens is 1. The van der Waals surface area contributed by atoms with Gasteiger partial charge in [-0.25, -0.2) is 4.98 Å². The van der Waals surface area contributed by atoms with Gasteiger partial charge in [0.25, 0.3) is 0 Å². The average Bonchev–Trinajstić information content (AvgIpc) is 2.71. The highest BCUT2D eigenvalue weighted by atomic mass is 32.1. The number of piperidine rings is 1. The average molecular weight is 268 g/mol. The topological polar surface area (TPSA) is 31.4 Å². The molecule has 18 heavy (non-hydrogen) atoms. The van der Waals surface area contributed by atoms with E-state index in [0.29, 0.717) is 6.04 Å². The smallest absolute Gasteiger partial charge is 0.185 e. The predicted octanol–water partition coefficient (Wildman–Crippen LogP) is 1.70. The number of hydrogen-bond donors (Lipinski definition) is 1.